The molecule has 0 bridgehead atoms. The molecule has 0 spiro atoms. The molecule has 0 amide bonds. The molecule has 3 aromatic rings. The summed E-state index contributed by atoms with van der Waals surface area (Å²) in [6.45, 7) is 6.43. The standard InChI is InChI=1S/C22H23N5O2S/c1-4-29-16-7-5-15(6-8-16)27-13(2)9-17(14(27)3)20(28)12-30-22-18(11-23)19(24)10-21(25)26-22/h5-10H,4,12H2,1-3H3,(H4,24,25,26). The number of nitrogen functional groups attached to an aromatic ring is 2. The fourth-order valence-corrected chi connectivity index (χ4v) is 4.19. The van der Waals surface area contributed by atoms with Crippen molar-refractivity contribution in [1.29, 1.82) is 5.26 Å². The number of benzene rings is 1. The maximum atomic E-state index is 12.9. The molecule has 0 radical (unpaired) electrons. The van der Waals surface area contributed by atoms with Crippen LogP contribution in [-0.4, -0.2) is 27.7 Å². The summed E-state index contributed by atoms with van der Waals surface area (Å²) in [5.74, 6) is 1.09. The summed E-state index contributed by atoms with van der Waals surface area (Å²) in [5, 5.41) is 9.68. The molecule has 0 saturated heterocycles. The number of anilines is 2. The van der Waals surface area contributed by atoms with E-state index in [-0.39, 0.29) is 28.6 Å². The summed E-state index contributed by atoms with van der Waals surface area (Å²) in [6.07, 6.45) is 0. The molecule has 0 atom stereocenters. The van der Waals surface area contributed by atoms with Crippen molar-refractivity contribution < 1.29 is 9.53 Å². The number of rotatable bonds is 7. The molecule has 7 nitrogen and oxygen atoms in total. The molecule has 0 aliphatic heterocycles. The molecule has 2 heterocycles. The third-order valence-electron chi connectivity index (χ3n) is 4.63. The van der Waals surface area contributed by atoms with Crippen LogP contribution >= 0.6 is 11.8 Å². The number of nitrogens with two attached hydrogens (primary N) is 2. The molecule has 4 N–H and O–H groups in total. The van der Waals surface area contributed by atoms with Crippen molar-refractivity contribution in [1.82, 2.24) is 9.55 Å². The Morgan fingerprint density at radius 3 is 2.57 bits per heavy atom. The maximum absolute atomic E-state index is 12.9. The highest BCUT2D eigenvalue weighted by molar-refractivity contribution is 8.00. The molecule has 0 unspecified atom stereocenters. The fraction of sp³-hybridized carbons (Fsp3) is 0.227. The Hall–Kier alpha value is -3.44. The molecule has 2 aromatic heterocycles. The van der Waals surface area contributed by atoms with Crippen molar-refractivity contribution in [3.63, 3.8) is 0 Å². The van der Waals surface area contributed by atoms with Crippen LogP contribution in [0.1, 0.15) is 34.2 Å². The van der Waals surface area contributed by atoms with Gasteiger partial charge >= 0.3 is 0 Å². The van der Waals surface area contributed by atoms with Crippen LogP contribution in [0.4, 0.5) is 11.5 Å². The highest BCUT2D eigenvalue weighted by Crippen LogP contribution is 2.28. The van der Waals surface area contributed by atoms with E-state index < -0.39 is 0 Å². The topological polar surface area (TPSA) is 120 Å². The van der Waals surface area contributed by atoms with E-state index in [4.69, 9.17) is 16.2 Å². The lowest BCUT2D eigenvalue weighted by Crippen LogP contribution is -2.07. The third kappa shape index (κ3) is 4.26. The molecule has 0 fully saturated rings. The number of Topliss-reactive ketones (excluding diaryl/α,β-unsaturated/α-hetero) is 1. The molecule has 0 aliphatic carbocycles. The number of ether oxygens (including phenoxy) is 1. The summed E-state index contributed by atoms with van der Waals surface area (Å²) in [5.41, 5.74) is 15.5. The van der Waals surface area contributed by atoms with Gasteiger partial charge in [-0.05, 0) is 51.1 Å². The highest BCUT2D eigenvalue weighted by Gasteiger charge is 2.19. The smallest absolute Gasteiger partial charge is 0.174 e. The van der Waals surface area contributed by atoms with E-state index in [1.54, 1.807) is 0 Å². The van der Waals surface area contributed by atoms with Crippen molar-refractivity contribution >= 4 is 29.1 Å². The zero-order chi connectivity index (χ0) is 21.8. The summed E-state index contributed by atoms with van der Waals surface area (Å²) in [6, 6.07) is 13.1. The Morgan fingerprint density at radius 2 is 1.93 bits per heavy atom. The number of ketones is 1. The van der Waals surface area contributed by atoms with Gasteiger partial charge in [0.15, 0.2) is 5.78 Å². The molecule has 1 aromatic carbocycles. The van der Waals surface area contributed by atoms with E-state index in [0.29, 0.717) is 17.2 Å². The summed E-state index contributed by atoms with van der Waals surface area (Å²) in [4.78, 5) is 17.1. The number of nitriles is 1. The second kappa shape index (κ2) is 8.93. The fourth-order valence-electron chi connectivity index (χ4n) is 3.29. The van der Waals surface area contributed by atoms with Crippen molar-refractivity contribution in [3.05, 3.63) is 58.9 Å². The first kappa shape index (κ1) is 21.3. The number of carbonyl (C=O) groups is 1. The number of carbonyl (C=O) groups excluding carboxylic acids is 1. The van der Waals surface area contributed by atoms with Crippen molar-refractivity contribution in [2.24, 2.45) is 0 Å². The van der Waals surface area contributed by atoms with E-state index in [1.165, 1.54) is 6.07 Å². The SMILES string of the molecule is CCOc1ccc(-n2c(C)cc(C(=O)CSc3nc(N)cc(N)c3C#N)c2C)cc1. The quantitative estimate of drug-likeness (QED) is 0.438. The van der Waals surface area contributed by atoms with E-state index in [0.717, 1.165) is 34.6 Å². The average Bonchev–Trinajstić information content (AvgIpc) is 3.01. The number of hydrogen-bond acceptors (Lipinski definition) is 7. The van der Waals surface area contributed by atoms with Crippen molar-refractivity contribution in [3.8, 4) is 17.5 Å². The molecular formula is C22H23N5O2S. The van der Waals surface area contributed by atoms with Gasteiger partial charge < -0.3 is 20.8 Å². The normalized spacial score (nSPS) is 10.6. The number of aryl methyl sites for hydroxylation is 1. The Labute approximate surface area is 179 Å². The first-order valence-corrected chi connectivity index (χ1v) is 10.4. The van der Waals surface area contributed by atoms with Gasteiger partial charge in [0.25, 0.3) is 0 Å². The summed E-state index contributed by atoms with van der Waals surface area (Å²) >= 11 is 1.16. The van der Waals surface area contributed by atoms with Gasteiger partial charge in [0.05, 0.1) is 18.0 Å². The number of pyridine rings is 1. The molecule has 0 aliphatic rings. The lowest BCUT2D eigenvalue weighted by molar-refractivity contribution is 0.102. The molecule has 0 saturated carbocycles. The third-order valence-corrected chi connectivity index (χ3v) is 5.60. The van der Waals surface area contributed by atoms with Crippen LogP contribution in [0.5, 0.6) is 5.75 Å². The van der Waals surface area contributed by atoms with Gasteiger partial charge in [-0.1, -0.05) is 11.8 Å². The Kier molecular flexibility index (Phi) is 6.33. The number of hydrogen-bond donors (Lipinski definition) is 2. The lowest BCUT2D eigenvalue weighted by atomic mass is 10.2. The van der Waals surface area contributed by atoms with Gasteiger partial charge in [0.2, 0.25) is 0 Å². The second-order valence-electron chi connectivity index (χ2n) is 6.69. The van der Waals surface area contributed by atoms with Crippen LogP contribution in [-0.2, 0) is 0 Å². The number of aromatic nitrogens is 2. The minimum absolute atomic E-state index is 0.0584. The van der Waals surface area contributed by atoms with Gasteiger partial charge in [0.1, 0.15) is 28.2 Å². The highest BCUT2D eigenvalue weighted by atomic mass is 32.2. The van der Waals surface area contributed by atoms with Crippen LogP contribution in [0.25, 0.3) is 5.69 Å². The summed E-state index contributed by atoms with van der Waals surface area (Å²) in [7, 11) is 0. The largest absolute Gasteiger partial charge is 0.494 e. The molecule has 154 valence electrons. The molecule has 30 heavy (non-hydrogen) atoms. The van der Waals surface area contributed by atoms with E-state index in [9.17, 15) is 10.1 Å². The predicted octanol–water partition coefficient (Wildman–Crippen LogP) is 3.90. The maximum Gasteiger partial charge on any atom is 0.174 e. The van der Waals surface area contributed by atoms with Crippen LogP contribution in [0.2, 0.25) is 0 Å². The van der Waals surface area contributed by atoms with Gasteiger partial charge in [0, 0.05) is 28.7 Å². The molecule has 8 heteroatoms. The van der Waals surface area contributed by atoms with Gasteiger partial charge in [-0.15, -0.1) is 0 Å². The number of nitrogens with zero attached hydrogens (tertiary/aromatic N) is 3. The predicted molar refractivity (Wildman–Crippen MR) is 119 cm³/mol. The minimum Gasteiger partial charge on any atom is -0.494 e. The minimum atomic E-state index is -0.0584. The van der Waals surface area contributed by atoms with Crippen LogP contribution in [0, 0.1) is 25.2 Å². The summed E-state index contributed by atoms with van der Waals surface area (Å²) < 4.78 is 7.53. The molecule has 3 rings (SSSR count). The first-order chi connectivity index (χ1) is 14.3. The van der Waals surface area contributed by atoms with Gasteiger partial charge in [-0.2, -0.15) is 5.26 Å². The average molecular weight is 422 g/mol. The van der Waals surface area contributed by atoms with E-state index >= 15 is 0 Å². The van der Waals surface area contributed by atoms with Crippen LogP contribution < -0.4 is 16.2 Å². The second-order valence-corrected chi connectivity index (χ2v) is 7.65. The van der Waals surface area contributed by atoms with E-state index in [2.05, 4.69) is 4.98 Å². The molecular weight excluding hydrogens is 398 g/mol. The Morgan fingerprint density at radius 1 is 1.23 bits per heavy atom. The Bertz CT molecular complexity index is 1130. The van der Waals surface area contributed by atoms with Gasteiger partial charge in [-0.25, -0.2) is 4.98 Å². The van der Waals surface area contributed by atoms with Crippen molar-refractivity contribution in [2.75, 3.05) is 23.8 Å². The van der Waals surface area contributed by atoms with E-state index in [1.807, 2.05) is 61.7 Å². The zero-order valence-electron chi connectivity index (χ0n) is 17.1. The van der Waals surface area contributed by atoms with Crippen molar-refractivity contribution in [2.45, 2.75) is 25.8 Å². The van der Waals surface area contributed by atoms with Gasteiger partial charge in [-0.3, -0.25) is 4.79 Å². The van der Waals surface area contributed by atoms with Crippen LogP contribution in [0.15, 0.2) is 41.4 Å². The van der Waals surface area contributed by atoms with Crippen LogP contribution in [0.3, 0.4) is 0 Å². The number of thioether (sulfide) groups is 1. The monoisotopic (exact) mass is 421 g/mol. The first-order valence-electron chi connectivity index (χ1n) is 9.40. The zero-order valence-corrected chi connectivity index (χ0v) is 17.9. The Balaban J connectivity index is 1.83. The lowest BCUT2D eigenvalue weighted by Gasteiger charge is -2.11.